The van der Waals surface area contributed by atoms with Crippen molar-refractivity contribution in [3.63, 3.8) is 0 Å². The van der Waals surface area contributed by atoms with Crippen LogP contribution in [0.3, 0.4) is 0 Å². The lowest BCUT2D eigenvalue weighted by Gasteiger charge is -2.39. The second kappa shape index (κ2) is 4.83. The highest BCUT2D eigenvalue weighted by molar-refractivity contribution is 8.00. The lowest BCUT2D eigenvalue weighted by Crippen LogP contribution is -2.59. The summed E-state index contributed by atoms with van der Waals surface area (Å²) in [5.74, 6) is -0.129. The van der Waals surface area contributed by atoms with Gasteiger partial charge >= 0.3 is 5.97 Å². The van der Waals surface area contributed by atoms with Crippen molar-refractivity contribution in [2.45, 2.75) is 36.5 Å². The first kappa shape index (κ1) is 13.0. The third-order valence-electron chi connectivity index (χ3n) is 3.89. The van der Waals surface area contributed by atoms with Gasteiger partial charge in [-0.25, -0.2) is 4.79 Å². The van der Waals surface area contributed by atoms with E-state index in [0.717, 1.165) is 24.2 Å². The Morgan fingerprint density at radius 1 is 1.42 bits per heavy atom. The Kier molecular flexibility index (Phi) is 3.30. The van der Waals surface area contributed by atoms with Gasteiger partial charge in [0, 0.05) is 4.88 Å². The summed E-state index contributed by atoms with van der Waals surface area (Å²) >= 11 is 3.29. The van der Waals surface area contributed by atoms with E-state index in [1.165, 1.54) is 4.88 Å². The Bertz CT molecular complexity index is 522. The maximum atomic E-state index is 12.4. The molecule has 2 heterocycles. The molecule has 0 spiro atoms. The molecule has 0 unspecified atom stereocenters. The molecular formula is C13H15NO3S2. The first-order chi connectivity index (χ1) is 9.12. The van der Waals surface area contributed by atoms with Crippen LogP contribution >= 0.6 is 23.1 Å². The normalized spacial score (nSPS) is 24.1. The maximum absolute atomic E-state index is 12.4. The number of rotatable bonds is 3. The molecule has 3 rings (SSSR count). The lowest BCUT2D eigenvalue weighted by atomic mass is 9.76. The van der Waals surface area contributed by atoms with Crippen molar-refractivity contribution in [1.82, 2.24) is 5.32 Å². The zero-order valence-electron chi connectivity index (χ0n) is 10.3. The molecule has 1 aromatic heterocycles. The van der Waals surface area contributed by atoms with Crippen molar-refractivity contribution in [1.29, 1.82) is 0 Å². The first-order valence-corrected chi connectivity index (χ1v) is 8.28. The van der Waals surface area contributed by atoms with Gasteiger partial charge in [-0.1, -0.05) is 0 Å². The molecule has 1 aromatic rings. The van der Waals surface area contributed by atoms with E-state index in [9.17, 15) is 14.7 Å². The zero-order valence-corrected chi connectivity index (χ0v) is 12.0. The van der Waals surface area contributed by atoms with E-state index in [4.69, 9.17) is 0 Å². The van der Waals surface area contributed by atoms with Crippen molar-refractivity contribution in [2.75, 3.05) is 5.75 Å². The molecule has 0 saturated heterocycles. The van der Waals surface area contributed by atoms with Crippen LogP contribution in [0.15, 0.2) is 11.4 Å². The highest BCUT2D eigenvalue weighted by atomic mass is 32.2. The summed E-state index contributed by atoms with van der Waals surface area (Å²) < 4.78 is 0. The molecule has 1 fully saturated rings. The van der Waals surface area contributed by atoms with Gasteiger partial charge in [0.1, 0.15) is 10.8 Å². The van der Waals surface area contributed by atoms with Crippen LogP contribution in [0.2, 0.25) is 0 Å². The molecule has 4 nitrogen and oxygen atoms in total. The largest absolute Gasteiger partial charge is 0.480 e. The molecule has 1 amide bonds. The van der Waals surface area contributed by atoms with E-state index in [-0.39, 0.29) is 11.2 Å². The van der Waals surface area contributed by atoms with E-state index in [1.54, 1.807) is 23.1 Å². The van der Waals surface area contributed by atoms with Crippen LogP contribution in [0.1, 0.15) is 35.0 Å². The van der Waals surface area contributed by atoms with Crippen LogP contribution in [0, 0.1) is 0 Å². The molecule has 2 aliphatic rings. The molecule has 6 heteroatoms. The minimum atomic E-state index is -1.01. The van der Waals surface area contributed by atoms with Crippen molar-refractivity contribution >= 4 is 35.0 Å². The van der Waals surface area contributed by atoms with Crippen molar-refractivity contribution in [2.24, 2.45) is 0 Å². The Labute approximate surface area is 119 Å². The van der Waals surface area contributed by atoms with Crippen LogP contribution in [0.5, 0.6) is 0 Å². The van der Waals surface area contributed by atoms with E-state index in [0.29, 0.717) is 12.8 Å². The second-order valence-electron chi connectivity index (χ2n) is 5.03. The van der Waals surface area contributed by atoms with Gasteiger partial charge in [0.15, 0.2) is 0 Å². The molecule has 19 heavy (non-hydrogen) atoms. The monoisotopic (exact) mass is 297 g/mol. The van der Waals surface area contributed by atoms with E-state index in [1.807, 2.05) is 11.4 Å². The maximum Gasteiger partial charge on any atom is 0.329 e. The van der Waals surface area contributed by atoms with Gasteiger partial charge in [-0.05, 0) is 48.4 Å². The van der Waals surface area contributed by atoms with E-state index in [2.05, 4.69) is 5.32 Å². The molecule has 102 valence electrons. The summed E-state index contributed by atoms with van der Waals surface area (Å²) in [7, 11) is 0. The smallest absolute Gasteiger partial charge is 0.329 e. The number of aliphatic carboxylic acids is 1. The fourth-order valence-electron chi connectivity index (χ4n) is 2.59. The van der Waals surface area contributed by atoms with Crippen molar-refractivity contribution < 1.29 is 14.7 Å². The summed E-state index contributed by atoms with van der Waals surface area (Å²) in [6.45, 7) is 0. The molecule has 0 bridgehead atoms. The van der Waals surface area contributed by atoms with Crippen LogP contribution in [-0.2, 0) is 16.0 Å². The third kappa shape index (κ3) is 2.17. The highest BCUT2D eigenvalue weighted by Crippen LogP contribution is 2.41. The van der Waals surface area contributed by atoms with E-state index < -0.39 is 11.5 Å². The Morgan fingerprint density at radius 3 is 2.84 bits per heavy atom. The molecular weight excluding hydrogens is 282 g/mol. The quantitative estimate of drug-likeness (QED) is 0.897. The Hall–Kier alpha value is -1.01. The first-order valence-electron chi connectivity index (χ1n) is 6.36. The number of amides is 1. The molecule has 0 radical (unpaired) electrons. The van der Waals surface area contributed by atoms with Gasteiger partial charge in [-0.2, -0.15) is 0 Å². The number of fused-ring (bicyclic) bond motifs is 1. The number of hydrogen-bond acceptors (Lipinski definition) is 4. The zero-order chi connectivity index (χ0) is 13.5. The number of carbonyl (C=O) groups excluding carboxylic acids is 1. The standard InChI is InChI=1S/C13H15NO3S2/c15-11(14-13(12(16)17)4-1-5-13)10-8-2-6-18-9(8)3-7-19-10/h2,6,10H,1,3-5,7H2,(H,14,15)(H,16,17)/t10-/m1/s1. The average Bonchev–Trinajstić information content (AvgIpc) is 2.80. The average molecular weight is 297 g/mol. The van der Waals surface area contributed by atoms with Gasteiger partial charge in [0.25, 0.3) is 0 Å². The number of hydrogen-bond donors (Lipinski definition) is 2. The third-order valence-corrected chi connectivity index (χ3v) is 6.13. The van der Waals surface area contributed by atoms with Crippen LogP contribution in [0.4, 0.5) is 0 Å². The lowest BCUT2D eigenvalue weighted by molar-refractivity contribution is -0.151. The van der Waals surface area contributed by atoms with Crippen molar-refractivity contribution in [3.8, 4) is 0 Å². The van der Waals surface area contributed by atoms with Crippen LogP contribution < -0.4 is 5.32 Å². The number of nitrogens with one attached hydrogen (secondary N) is 1. The SMILES string of the molecule is O=C(NC1(C(=O)O)CCC1)[C@@H]1SCCc2sccc21. The van der Waals surface area contributed by atoms with Crippen LogP contribution in [0.25, 0.3) is 0 Å². The molecule has 2 N–H and O–H groups in total. The summed E-state index contributed by atoms with van der Waals surface area (Å²) in [5.41, 5.74) is 0.0595. The van der Waals surface area contributed by atoms with Gasteiger partial charge in [0.2, 0.25) is 5.91 Å². The number of carbonyl (C=O) groups is 2. The van der Waals surface area contributed by atoms with Gasteiger partial charge in [-0.15, -0.1) is 23.1 Å². The van der Waals surface area contributed by atoms with Gasteiger partial charge in [0.05, 0.1) is 0 Å². The predicted octanol–water partition coefficient (Wildman–Crippen LogP) is 2.20. The summed E-state index contributed by atoms with van der Waals surface area (Å²) in [6.07, 6.45) is 2.96. The van der Waals surface area contributed by atoms with Gasteiger partial charge < -0.3 is 10.4 Å². The number of carboxylic acid groups (broad SMARTS) is 1. The molecule has 1 aliphatic heterocycles. The fourth-order valence-corrected chi connectivity index (χ4v) is 4.88. The Morgan fingerprint density at radius 2 is 2.21 bits per heavy atom. The van der Waals surface area contributed by atoms with Crippen LogP contribution in [-0.4, -0.2) is 28.3 Å². The fraction of sp³-hybridized carbons (Fsp3) is 0.538. The van der Waals surface area contributed by atoms with Crippen molar-refractivity contribution in [3.05, 3.63) is 21.9 Å². The molecule has 0 aromatic carbocycles. The highest BCUT2D eigenvalue weighted by Gasteiger charge is 2.47. The summed E-state index contributed by atoms with van der Waals surface area (Å²) in [6, 6.07) is 1.99. The number of thiophene rings is 1. The number of aryl methyl sites for hydroxylation is 1. The van der Waals surface area contributed by atoms with Gasteiger partial charge in [-0.3, -0.25) is 4.79 Å². The minimum Gasteiger partial charge on any atom is -0.480 e. The number of carboxylic acids is 1. The molecule has 1 atom stereocenters. The summed E-state index contributed by atoms with van der Waals surface area (Å²) in [5, 5.41) is 13.8. The topological polar surface area (TPSA) is 66.4 Å². The minimum absolute atomic E-state index is 0.147. The number of thioether (sulfide) groups is 1. The Balaban J connectivity index is 1.77. The summed E-state index contributed by atoms with van der Waals surface area (Å²) in [4.78, 5) is 24.9. The van der Waals surface area contributed by atoms with E-state index >= 15 is 0 Å². The molecule has 1 saturated carbocycles. The molecule has 1 aliphatic carbocycles. The second-order valence-corrected chi connectivity index (χ2v) is 7.24. The predicted molar refractivity (Wildman–Crippen MR) is 75.6 cm³/mol.